The second kappa shape index (κ2) is 8.92. The first kappa shape index (κ1) is 21.4. The van der Waals surface area contributed by atoms with Crippen LogP contribution in [0.1, 0.15) is 11.1 Å². The Labute approximate surface area is 204 Å². The molecule has 2 heterocycles. The summed E-state index contributed by atoms with van der Waals surface area (Å²) in [6.07, 6.45) is 0.885. The molecule has 0 radical (unpaired) electrons. The van der Waals surface area contributed by atoms with Crippen LogP contribution in [0.3, 0.4) is 0 Å². The molecule has 1 saturated heterocycles. The first-order valence-electron chi connectivity index (χ1n) is 12.0. The number of carbonyl (C=O) groups excluding carboxylic acids is 1. The number of phenols is 1. The predicted octanol–water partition coefficient (Wildman–Crippen LogP) is 4.11. The number of carbonyl (C=O) groups is 1. The average Bonchev–Trinajstić information content (AvgIpc) is 3.45. The Bertz CT molecular complexity index is 1350. The van der Waals surface area contributed by atoms with Gasteiger partial charge < -0.3 is 15.3 Å². The Balaban J connectivity index is 1.04. The lowest BCUT2D eigenvalue weighted by atomic mass is 10.1. The fourth-order valence-corrected chi connectivity index (χ4v) is 5.05. The minimum absolute atomic E-state index is 0.00746. The maximum absolute atomic E-state index is 12.7. The van der Waals surface area contributed by atoms with E-state index in [4.69, 9.17) is 0 Å². The highest BCUT2D eigenvalue weighted by Crippen LogP contribution is 2.39. The molecule has 1 fully saturated rings. The summed E-state index contributed by atoms with van der Waals surface area (Å²) in [4.78, 5) is 17.1. The fourth-order valence-electron chi connectivity index (χ4n) is 5.05. The number of hydrogen-bond acceptors (Lipinski definition) is 5. The van der Waals surface area contributed by atoms with Crippen molar-refractivity contribution in [2.45, 2.75) is 6.42 Å². The zero-order valence-corrected chi connectivity index (χ0v) is 19.4. The van der Waals surface area contributed by atoms with Crippen molar-refractivity contribution in [3.8, 4) is 28.3 Å². The van der Waals surface area contributed by atoms with Gasteiger partial charge in [0, 0.05) is 60.7 Å². The second-order valence-corrected chi connectivity index (χ2v) is 9.16. The van der Waals surface area contributed by atoms with Crippen molar-refractivity contribution in [2.75, 3.05) is 42.9 Å². The summed E-state index contributed by atoms with van der Waals surface area (Å²) >= 11 is 0. The number of amides is 1. The largest absolute Gasteiger partial charge is 0.508 e. The molecule has 0 bridgehead atoms. The summed E-state index contributed by atoms with van der Waals surface area (Å²) in [6, 6.07) is 23.6. The molecule has 0 saturated carbocycles. The number of phenolic OH excluding ortho intramolecular Hbond substituents is 1. The summed E-state index contributed by atoms with van der Waals surface area (Å²) < 4.78 is 0. The van der Waals surface area contributed by atoms with E-state index in [-0.39, 0.29) is 11.7 Å². The number of nitrogens with one attached hydrogen (secondary N) is 2. The molecule has 176 valence electrons. The monoisotopic (exact) mass is 465 g/mol. The zero-order chi connectivity index (χ0) is 23.8. The molecule has 7 heteroatoms. The van der Waals surface area contributed by atoms with Crippen LogP contribution < -0.4 is 10.2 Å². The highest BCUT2D eigenvalue weighted by Gasteiger charge is 2.24. The smallest absolute Gasteiger partial charge is 0.238 e. The van der Waals surface area contributed by atoms with Crippen molar-refractivity contribution in [3.63, 3.8) is 0 Å². The average molecular weight is 466 g/mol. The van der Waals surface area contributed by atoms with Crippen molar-refractivity contribution in [3.05, 3.63) is 83.9 Å². The lowest BCUT2D eigenvalue weighted by molar-refractivity contribution is -0.117. The van der Waals surface area contributed by atoms with E-state index in [1.54, 1.807) is 12.1 Å². The third-order valence-electron chi connectivity index (χ3n) is 6.92. The van der Waals surface area contributed by atoms with Gasteiger partial charge in [-0.2, -0.15) is 5.10 Å². The van der Waals surface area contributed by atoms with E-state index < -0.39 is 0 Å². The van der Waals surface area contributed by atoms with Gasteiger partial charge in [0.25, 0.3) is 0 Å². The number of benzene rings is 3. The number of anilines is 2. The van der Waals surface area contributed by atoms with Gasteiger partial charge in [-0.1, -0.05) is 36.4 Å². The van der Waals surface area contributed by atoms with E-state index in [0.29, 0.717) is 6.54 Å². The zero-order valence-electron chi connectivity index (χ0n) is 19.4. The van der Waals surface area contributed by atoms with E-state index in [2.05, 4.69) is 49.6 Å². The fraction of sp³-hybridized carbons (Fsp3) is 0.214. The van der Waals surface area contributed by atoms with E-state index in [9.17, 15) is 9.90 Å². The van der Waals surface area contributed by atoms with E-state index in [1.807, 2.05) is 36.4 Å². The van der Waals surface area contributed by atoms with Crippen molar-refractivity contribution < 1.29 is 9.90 Å². The lowest BCUT2D eigenvalue weighted by Gasteiger charge is -2.35. The first-order chi connectivity index (χ1) is 17.1. The van der Waals surface area contributed by atoms with Crippen LogP contribution >= 0.6 is 0 Å². The molecule has 6 rings (SSSR count). The molecule has 2 aliphatic rings. The molecule has 3 N–H and O–H groups in total. The molecule has 0 atom stereocenters. The molecule has 35 heavy (non-hydrogen) atoms. The summed E-state index contributed by atoms with van der Waals surface area (Å²) in [6.45, 7) is 3.71. The number of fused-ring (bicyclic) bond motifs is 3. The van der Waals surface area contributed by atoms with Gasteiger partial charge in [-0.05, 0) is 42.0 Å². The third kappa shape index (κ3) is 4.26. The molecule has 3 aromatic carbocycles. The Kier molecular flexibility index (Phi) is 5.47. The van der Waals surface area contributed by atoms with Crippen LogP contribution in [-0.2, 0) is 11.2 Å². The molecule has 1 aromatic heterocycles. The van der Waals surface area contributed by atoms with Gasteiger partial charge in [0.1, 0.15) is 5.75 Å². The maximum Gasteiger partial charge on any atom is 0.238 e. The standard InChI is InChI=1S/C28H27N5O2/c34-23-11-9-22(10-12-23)33-15-13-32(14-16-33)18-26(35)29-21-7-5-19(6-8-21)27-25-17-20-3-1-2-4-24(20)28(25)31-30-27/h1-12,34H,13-18H2,(H,29,35)(H,30,31). The number of piperazine rings is 1. The summed E-state index contributed by atoms with van der Waals surface area (Å²) in [5.74, 6) is 0.267. The Morgan fingerprint density at radius 1 is 0.943 bits per heavy atom. The molecular weight excluding hydrogens is 438 g/mol. The summed E-state index contributed by atoms with van der Waals surface area (Å²) in [5.41, 5.74) is 8.79. The normalized spacial score (nSPS) is 15.0. The van der Waals surface area contributed by atoms with Gasteiger partial charge >= 0.3 is 0 Å². The van der Waals surface area contributed by atoms with Crippen molar-refractivity contribution >= 4 is 17.3 Å². The number of aromatic nitrogens is 2. The SMILES string of the molecule is O=C(CN1CCN(c2ccc(O)cc2)CC1)Nc1ccc(-c2n[nH]c3c2Cc2ccccc2-3)cc1. The molecule has 1 amide bonds. The Hall–Kier alpha value is -4.10. The van der Waals surface area contributed by atoms with Crippen molar-refractivity contribution in [1.82, 2.24) is 15.1 Å². The number of nitrogens with zero attached hydrogens (tertiary/aromatic N) is 3. The van der Waals surface area contributed by atoms with Gasteiger partial charge in [0.2, 0.25) is 5.91 Å². The highest BCUT2D eigenvalue weighted by molar-refractivity contribution is 5.92. The molecule has 0 unspecified atom stereocenters. The Morgan fingerprint density at radius 2 is 1.69 bits per heavy atom. The number of aromatic amines is 1. The van der Waals surface area contributed by atoms with Crippen LogP contribution in [0.15, 0.2) is 72.8 Å². The second-order valence-electron chi connectivity index (χ2n) is 9.16. The quantitative estimate of drug-likeness (QED) is 0.364. The van der Waals surface area contributed by atoms with Gasteiger partial charge in [-0.15, -0.1) is 0 Å². The Morgan fingerprint density at radius 3 is 2.46 bits per heavy atom. The van der Waals surface area contributed by atoms with Gasteiger partial charge in [0.15, 0.2) is 0 Å². The summed E-state index contributed by atoms with van der Waals surface area (Å²) in [7, 11) is 0. The number of rotatable bonds is 5. The molecule has 1 aliphatic heterocycles. The predicted molar refractivity (Wildman–Crippen MR) is 138 cm³/mol. The topological polar surface area (TPSA) is 84.5 Å². The van der Waals surface area contributed by atoms with Crippen LogP contribution in [0, 0.1) is 0 Å². The van der Waals surface area contributed by atoms with Crippen LogP contribution in [0.25, 0.3) is 22.5 Å². The minimum atomic E-state index is -0.00746. The molecule has 0 spiro atoms. The van der Waals surface area contributed by atoms with Crippen LogP contribution in [0.5, 0.6) is 5.75 Å². The van der Waals surface area contributed by atoms with Crippen LogP contribution in [-0.4, -0.2) is 58.8 Å². The molecule has 1 aliphatic carbocycles. The first-order valence-corrected chi connectivity index (χ1v) is 12.0. The van der Waals surface area contributed by atoms with Gasteiger partial charge in [-0.3, -0.25) is 14.8 Å². The molecule has 7 nitrogen and oxygen atoms in total. The van der Waals surface area contributed by atoms with Crippen molar-refractivity contribution in [2.24, 2.45) is 0 Å². The maximum atomic E-state index is 12.7. The van der Waals surface area contributed by atoms with Gasteiger partial charge in [-0.25, -0.2) is 0 Å². The van der Waals surface area contributed by atoms with Crippen LogP contribution in [0.4, 0.5) is 11.4 Å². The number of H-pyrrole nitrogens is 1. The van der Waals surface area contributed by atoms with E-state index in [1.165, 1.54) is 16.7 Å². The van der Waals surface area contributed by atoms with E-state index >= 15 is 0 Å². The highest BCUT2D eigenvalue weighted by atomic mass is 16.3. The number of aromatic hydroxyl groups is 1. The van der Waals surface area contributed by atoms with Gasteiger partial charge in [0.05, 0.1) is 17.9 Å². The van der Waals surface area contributed by atoms with E-state index in [0.717, 1.165) is 60.9 Å². The van der Waals surface area contributed by atoms with Crippen LogP contribution in [0.2, 0.25) is 0 Å². The minimum Gasteiger partial charge on any atom is -0.508 e. The van der Waals surface area contributed by atoms with Crippen molar-refractivity contribution in [1.29, 1.82) is 0 Å². The number of hydrogen-bond donors (Lipinski definition) is 3. The summed E-state index contributed by atoms with van der Waals surface area (Å²) in [5, 5.41) is 20.3. The third-order valence-corrected chi connectivity index (χ3v) is 6.92. The molecule has 4 aromatic rings. The lowest BCUT2D eigenvalue weighted by Crippen LogP contribution is -2.48. The molecular formula is C28H27N5O2.